The van der Waals surface area contributed by atoms with Gasteiger partial charge in [0.25, 0.3) is 0 Å². The molecule has 1 aliphatic heterocycles. The molecule has 1 aromatic rings. The highest BCUT2D eigenvalue weighted by Gasteiger charge is 2.25. The van der Waals surface area contributed by atoms with Crippen molar-refractivity contribution in [3.63, 3.8) is 0 Å². The molecule has 21 heavy (non-hydrogen) atoms. The lowest BCUT2D eigenvalue weighted by Gasteiger charge is -2.24. The van der Waals surface area contributed by atoms with E-state index < -0.39 is 9.84 Å². The van der Waals surface area contributed by atoms with Crippen LogP contribution in [0.4, 0.5) is 11.6 Å². The van der Waals surface area contributed by atoms with Crippen LogP contribution in [0, 0.1) is 0 Å². The van der Waals surface area contributed by atoms with E-state index in [1.165, 1.54) is 0 Å². The van der Waals surface area contributed by atoms with Crippen LogP contribution >= 0.6 is 23.2 Å². The highest BCUT2D eigenvalue weighted by molar-refractivity contribution is 7.91. The van der Waals surface area contributed by atoms with Crippen molar-refractivity contribution in [2.45, 2.75) is 32.2 Å². The van der Waals surface area contributed by atoms with Crippen molar-refractivity contribution < 1.29 is 8.42 Å². The molecule has 0 radical (unpaired) electrons. The summed E-state index contributed by atoms with van der Waals surface area (Å²) >= 11 is 12.2. The van der Waals surface area contributed by atoms with Gasteiger partial charge in [-0.05, 0) is 25.3 Å². The number of nitrogens with zero attached hydrogens (tertiary/aromatic N) is 1. The van der Waals surface area contributed by atoms with E-state index in [-0.39, 0.29) is 17.5 Å². The molecular formula is C13H19Cl2N3O2S. The van der Waals surface area contributed by atoms with Crippen molar-refractivity contribution in [1.82, 2.24) is 4.98 Å². The Morgan fingerprint density at radius 1 is 1.33 bits per heavy atom. The summed E-state index contributed by atoms with van der Waals surface area (Å²) in [6.45, 7) is 2.80. The molecule has 118 valence electrons. The van der Waals surface area contributed by atoms with Crippen molar-refractivity contribution in [2.24, 2.45) is 0 Å². The lowest BCUT2D eigenvalue weighted by molar-refractivity contribution is 0.561. The van der Waals surface area contributed by atoms with Crippen LogP contribution in [-0.4, -0.2) is 37.5 Å². The van der Waals surface area contributed by atoms with Crippen LogP contribution in [0.15, 0.2) is 6.07 Å². The molecule has 1 aliphatic rings. The SMILES string of the molecule is CCCNc1nc(NC2CCCS(=O)(=O)C2)c(Cl)cc1Cl. The number of rotatable bonds is 5. The molecule has 2 N–H and O–H groups in total. The third-order valence-corrected chi connectivity index (χ3v) is 5.67. The minimum Gasteiger partial charge on any atom is -0.369 e. The minimum atomic E-state index is -2.97. The fraction of sp³-hybridized carbons (Fsp3) is 0.615. The van der Waals surface area contributed by atoms with Crippen molar-refractivity contribution in [2.75, 3.05) is 28.7 Å². The Hall–Kier alpha value is -0.720. The van der Waals surface area contributed by atoms with Gasteiger partial charge in [-0.25, -0.2) is 13.4 Å². The van der Waals surface area contributed by atoms with E-state index in [9.17, 15) is 8.42 Å². The molecule has 1 atom stereocenters. The van der Waals surface area contributed by atoms with E-state index in [4.69, 9.17) is 23.2 Å². The maximum Gasteiger partial charge on any atom is 0.152 e. The zero-order valence-electron chi connectivity index (χ0n) is 11.8. The fourth-order valence-corrected chi connectivity index (χ4v) is 4.38. The van der Waals surface area contributed by atoms with E-state index in [1.54, 1.807) is 6.07 Å². The molecule has 0 bridgehead atoms. The topological polar surface area (TPSA) is 71.1 Å². The van der Waals surface area contributed by atoms with Crippen molar-refractivity contribution >= 4 is 44.7 Å². The zero-order chi connectivity index (χ0) is 15.5. The number of nitrogens with one attached hydrogen (secondary N) is 2. The van der Waals surface area contributed by atoms with Gasteiger partial charge < -0.3 is 10.6 Å². The van der Waals surface area contributed by atoms with Gasteiger partial charge >= 0.3 is 0 Å². The van der Waals surface area contributed by atoms with Gasteiger partial charge in [0.05, 0.1) is 21.6 Å². The van der Waals surface area contributed by atoms with Gasteiger partial charge in [-0.1, -0.05) is 30.1 Å². The van der Waals surface area contributed by atoms with Crippen LogP contribution in [0.2, 0.25) is 10.0 Å². The Morgan fingerprint density at radius 2 is 2.05 bits per heavy atom. The number of aromatic nitrogens is 1. The number of sulfone groups is 1. The molecule has 0 aromatic carbocycles. The second-order valence-electron chi connectivity index (χ2n) is 5.17. The Bertz CT molecular complexity index is 608. The quantitative estimate of drug-likeness (QED) is 0.852. The summed E-state index contributed by atoms with van der Waals surface area (Å²) in [6, 6.07) is 1.46. The van der Waals surface area contributed by atoms with Crippen molar-refractivity contribution in [3.8, 4) is 0 Å². The molecule has 1 aromatic heterocycles. The monoisotopic (exact) mass is 351 g/mol. The van der Waals surface area contributed by atoms with E-state index in [2.05, 4.69) is 15.6 Å². The Kier molecular flexibility index (Phi) is 5.57. The smallest absolute Gasteiger partial charge is 0.152 e. The largest absolute Gasteiger partial charge is 0.369 e. The van der Waals surface area contributed by atoms with Crippen molar-refractivity contribution in [1.29, 1.82) is 0 Å². The summed E-state index contributed by atoms with van der Waals surface area (Å²) in [5.41, 5.74) is 0. The minimum absolute atomic E-state index is 0.116. The molecular weight excluding hydrogens is 333 g/mol. The van der Waals surface area contributed by atoms with Crippen molar-refractivity contribution in [3.05, 3.63) is 16.1 Å². The summed E-state index contributed by atoms with van der Waals surface area (Å²) in [4.78, 5) is 4.37. The molecule has 1 fully saturated rings. The van der Waals surface area contributed by atoms with Gasteiger partial charge in [0, 0.05) is 12.6 Å². The van der Waals surface area contributed by atoms with Gasteiger partial charge in [-0.2, -0.15) is 0 Å². The van der Waals surface area contributed by atoms with E-state index in [1.807, 2.05) is 6.92 Å². The van der Waals surface area contributed by atoms with E-state index in [0.717, 1.165) is 19.4 Å². The lowest BCUT2D eigenvalue weighted by Crippen LogP contribution is -2.35. The summed E-state index contributed by atoms with van der Waals surface area (Å²) in [7, 11) is -2.97. The number of hydrogen-bond donors (Lipinski definition) is 2. The normalized spacial score (nSPS) is 21.0. The van der Waals surface area contributed by atoms with Gasteiger partial charge in [-0.15, -0.1) is 0 Å². The maximum absolute atomic E-state index is 11.7. The lowest BCUT2D eigenvalue weighted by atomic mass is 10.2. The summed E-state index contributed by atoms with van der Waals surface area (Å²) in [6.07, 6.45) is 2.40. The number of anilines is 2. The zero-order valence-corrected chi connectivity index (χ0v) is 14.2. The van der Waals surface area contributed by atoms with Gasteiger partial charge in [-0.3, -0.25) is 0 Å². The first-order valence-electron chi connectivity index (χ1n) is 6.98. The third-order valence-electron chi connectivity index (χ3n) is 3.28. The number of halogens is 2. The van der Waals surface area contributed by atoms with Crippen LogP contribution in [0.3, 0.4) is 0 Å². The molecule has 0 saturated carbocycles. The predicted molar refractivity (Wildman–Crippen MR) is 88.3 cm³/mol. The standard InChI is InChI=1S/C13H19Cl2N3O2S/c1-2-5-16-12-10(14)7-11(15)13(18-12)17-9-4-3-6-21(19,20)8-9/h7,9H,2-6,8H2,1H3,(H2,16,17,18). The average Bonchev–Trinajstić information content (AvgIpc) is 2.39. The van der Waals surface area contributed by atoms with Crippen LogP contribution in [0.5, 0.6) is 0 Å². The molecule has 0 amide bonds. The fourth-order valence-electron chi connectivity index (χ4n) is 2.27. The third kappa shape index (κ3) is 4.63. The molecule has 0 aliphatic carbocycles. The molecule has 1 unspecified atom stereocenters. The second-order valence-corrected chi connectivity index (χ2v) is 8.22. The first-order valence-corrected chi connectivity index (χ1v) is 9.56. The Balaban J connectivity index is 2.15. The van der Waals surface area contributed by atoms with Crippen LogP contribution in [-0.2, 0) is 9.84 Å². The molecule has 8 heteroatoms. The van der Waals surface area contributed by atoms with Gasteiger partial charge in [0.15, 0.2) is 9.84 Å². The molecule has 2 heterocycles. The van der Waals surface area contributed by atoms with E-state index >= 15 is 0 Å². The maximum atomic E-state index is 11.7. The summed E-state index contributed by atoms with van der Waals surface area (Å²) in [5.74, 6) is 1.41. The first-order chi connectivity index (χ1) is 9.91. The second kappa shape index (κ2) is 7.03. The highest BCUT2D eigenvalue weighted by atomic mass is 35.5. The summed E-state index contributed by atoms with van der Waals surface area (Å²) in [5, 5.41) is 7.10. The summed E-state index contributed by atoms with van der Waals surface area (Å²) < 4.78 is 23.3. The van der Waals surface area contributed by atoms with Crippen LogP contribution < -0.4 is 10.6 Å². The first kappa shape index (κ1) is 16.6. The molecule has 5 nitrogen and oxygen atoms in total. The number of pyridine rings is 1. The molecule has 2 rings (SSSR count). The van der Waals surface area contributed by atoms with Crippen LogP contribution in [0.1, 0.15) is 26.2 Å². The number of hydrogen-bond acceptors (Lipinski definition) is 5. The van der Waals surface area contributed by atoms with Crippen LogP contribution in [0.25, 0.3) is 0 Å². The Morgan fingerprint density at radius 3 is 2.71 bits per heavy atom. The van der Waals surface area contributed by atoms with Gasteiger partial charge in [0.1, 0.15) is 11.6 Å². The molecule has 0 spiro atoms. The highest BCUT2D eigenvalue weighted by Crippen LogP contribution is 2.30. The molecule has 1 saturated heterocycles. The van der Waals surface area contributed by atoms with Gasteiger partial charge in [0.2, 0.25) is 0 Å². The predicted octanol–water partition coefficient (Wildman–Crippen LogP) is 3.20. The van der Waals surface area contributed by atoms with E-state index in [0.29, 0.717) is 28.1 Å². The Labute approximate surface area is 135 Å². The average molecular weight is 352 g/mol.